The number of aliphatic hydroxyl groups is 2. The normalized spacial score (nSPS) is 13.5. The van der Waals surface area contributed by atoms with E-state index in [0.29, 0.717) is 12.2 Å². The maximum Gasteiger partial charge on any atom is 0.407 e. The van der Waals surface area contributed by atoms with Gasteiger partial charge in [0.2, 0.25) is 0 Å². The van der Waals surface area contributed by atoms with Gasteiger partial charge in [0.1, 0.15) is 12.7 Å². The van der Waals surface area contributed by atoms with Crippen LogP contribution in [0.3, 0.4) is 0 Å². The van der Waals surface area contributed by atoms with E-state index >= 15 is 0 Å². The van der Waals surface area contributed by atoms with Crippen LogP contribution in [-0.2, 0) is 11.3 Å². The second-order valence-electron chi connectivity index (χ2n) is 11.4. The molecule has 3 atom stereocenters. The number of hydrogen-bond donors (Lipinski definition) is 3. The molecule has 0 aliphatic rings. The average molecular weight is 594 g/mol. The van der Waals surface area contributed by atoms with Crippen LogP contribution >= 0.6 is 11.8 Å². The molecule has 0 bridgehead atoms. The molecule has 3 aromatic rings. The van der Waals surface area contributed by atoms with Crippen molar-refractivity contribution in [2.75, 3.05) is 5.75 Å². The fourth-order valence-corrected chi connectivity index (χ4v) is 6.25. The van der Waals surface area contributed by atoms with Crippen molar-refractivity contribution < 1.29 is 19.7 Å². The molecule has 0 fully saturated rings. The van der Waals surface area contributed by atoms with Crippen LogP contribution in [0.25, 0.3) is 10.8 Å². The topological polar surface area (TPSA) is 78.8 Å². The van der Waals surface area contributed by atoms with E-state index in [1.165, 1.54) is 63.2 Å². The van der Waals surface area contributed by atoms with Crippen molar-refractivity contribution in [2.24, 2.45) is 0 Å². The predicted octanol–water partition coefficient (Wildman–Crippen LogP) is 9.04. The van der Waals surface area contributed by atoms with E-state index in [4.69, 9.17) is 4.74 Å². The Kier molecular flexibility index (Phi) is 16.5. The highest BCUT2D eigenvalue weighted by Gasteiger charge is 2.28. The van der Waals surface area contributed by atoms with Crippen LogP contribution in [0.1, 0.15) is 96.0 Å². The van der Waals surface area contributed by atoms with Gasteiger partial charge in [0.15, 0.2) is 0 Å². The SMILES string of the molecule is CCCCCCCCCCCCCC[C@@H](O)[C@@H](O)[C@H](CSc1ccc2ccccc2c1)NC(=O)OCc1ccccc1. The van der Waals surface area contributed by atoms with Gasteiger partial charge in [-0.15, -0.1) is 11.8 Å². The number of benzene rings is 3. The zero-order chi connectivity index (χ0) is 29.8. The minimum atomic E-state index is -1.09. The number of thioether (sulfide) groups is 1. The number of fused-ring (bicyclic) bond motifs is 1. The molecule has 0 aliphatic heterocycles. The lowest BCUT2D eigenvalue weighted by Gasteiger charge is -2.27. The average Bonchev–Trinajstić information content (AvgIpc) is 3.02. The molecule has 0 radical (unpaired) electrons. The van der Waals surface area contributed by atoms with Crippen LogP contribution in [0, 0.1) is 0 Å². The van der Waals surface area contributed by atoms with Crippen molar-refractivity contribution in [3.8, 4) is 0 Å². The zero-order valence-electron chi connectivity index (χ0n) is 25.4. The van der Waals surface area contributed by atoms with E-state index < -0.39 is 24.3 Å². The summed E-state index contributed by atoms with van der Waals surface area (Å²) in [6, 6.07) is 23.3. The highest BCUT2D eigenvalue weighted by molar-refractivity contribution is 7.99. The van der Waals surface area contributed by atoms with Gasteiger partial charge in [0.25, 0.3) is 0 Å². The molecule has 42 heavy (non-hydrogen) atoms. The van der Waals surface area contributed by atoms with Crippen LogP contribution in [0.4, 0.5) is 4.79 Å². The van der Waals surface area contributed by atoms with Gasteiger partial charge in [-0.25, -0.2) is 4.79 Å². The Morgan fingerprint density at radius 2 is 1.36 bits per heavy atom. The largest absolute Gasteiger partial charge is 0.445 e. The summed E-state index contributed by atoms with van der Waals surface area (Å²) < 4.78 is 5.42. The molecule has 0 unspecified atom stereocenters. The quantitative estimate of drug-likeness (QED) is 0.0848. The summed E-state index contributed by atoms with van der Waals surface area (Å²) in [5.74, 6) is 0.412. The van der Waals surface area contributed by atoms with E-state index in [1.807, 2.05) is 48.5 Å². The monoisotopic (exact) mass is 593 g/mol. The molecule has 3 aromatic carbocycles. The highest BCUT2D eigenvalue weighted by atomic mass is 32.2. The number of alkyl carbamates (subject to hydrolysis) is 1. The maximum absolute atomic E-state index is 12.7. The summed E-state index contributed by atoms with van der Waals surface area (Å²) in [5, 5.41) is 27.1. The number of amides is 1. The second-order valence-corrected chi connectivity index (χ2v) is 12.5. The fourth-order valence-electron chi connectivity index (χ4n) is 5.22. The number of ether oxygens (including phenoxy) is 1. The molecule has 0 saturated carbocycles. The van der Waals surface area contributed by atoms with Crippen molar-refractivity contribution in [3.63, 3.8) is 0 Å². The van der Waals surface area contributed by atoms with Crippen molar-refractivity contribution in [3.05, 3.63) is 78.4 Å². The molecule has 0 aromatic heterocycles. The Labute approximate surface area is 257 Å². The molecule has 0 spiro atoms. The van der Waals surface area contributed by atoms with Crippen molar-refractivity contribution in [1.29, 1.82) is 0 Å². The molecule has 1 amide bonds. The van der Waals surface area contributed by atoms with E-state index in [9.17, 15) is 15.0 Å². The molecule has 6 heteroatoms. The second kappa shape index (κ2) is 20.4. The third-order valence-electron chi connectivity index (χ3n) is 7.83. The van der Waals surface area contributed by atoms with Crippen molar-refractivity contribution >= 4 is 28.6 Å². The van der Waals surface area contributed by atoms with Crippen molar-refractivity contribution in [2.45, 2.75) is 120 Å². The molecule has 3 N–H and O–H groups in total. The first kappa shape index (κ1) is 34.0. The van der Waals surface area contributed by atoms with Crippen LogP contribution in [0.5, 0.6) is 0 Å². The number of nitrogens with one attached hydrogen (secondary N) is 1. The third-order valence-corrected chi connectivity index (χ3v) is 8.94. The predicted molar refractivity (Wildman–Crippen MR) is 176 cm³/mol. The van der Waals surface area contributed by atoms with Gasteiger partial charge in [-0.2, -0.15) is 0 Å². The number of rotatable bonds is 21. The smallest absolute Gasteiger partial charge is 0.407 e. The molecular weight excluding hydrogens is 542 g/mol. The maximum atomic E-state index is 12.7. The lowest BCUT2D eigenvalue weighted by Crippen LogP contribution is -2.50. The van der Waals surface area contributed by atoms with E-state index in [0.717, 1.165) is 35.1 Å². The Balaban J connectivity index is 1.44. The molecule has 0 saturated heterocycles. The van der Waals surface area contributed by atoms with Gasteiger partial charge in [0.05, 0.1) is 12.1 Å². The number of carbonyl (C=O) groups is 1. The number of carbonyl (C=O) groups excluding carboxylic acids is 1. The zero-order valence-corrected chi connectivity index (χ0v) is 26.2. The lowest BCUT2D eigenvalue weighted by molar-refractivity contribution is -0.00496. The van der Waals surface area contributed by atoms with Gasteiger partial charge >= 0.3 is 6.09 Å². The number of unbranched alkanes of at least 4 members (excludes halogenated alkanes) is 11. The Hall–Kier alpha value is -2.54. The van der Waals surface area contributed by atoms with Crippen LogP contribution in [0.15, 0.2) is 77.7 Å². The molecule has 0 heterocycles. The fraction of sp³-hybridized carbons (Fsp3) is 0.528. The first-order valence-electron chi connectivity index (χ1n) is 16.0. The van der Waals surface area contributed by atoms with Crippen LogP contribution in [0.2, 0.25) is 0 Å². The summed E-state index contributed by atoms with van der Waals surface area (Å²) in [6.07, 6.45) is 12.9. The van der Waals surface area contributed by atoms with Gasteiger partial charge in [0, 0.05) is 10.6 Å². The first-order valence-corrected chi connectivity index (χ1v) is 17.0. The number of aliphatic hydroxyl groups excluding tert-OH is 2. The summed E-state index contributed by atoms with van der Waals surface area (Å²) in [7, 11) is 0. The molecule has 3 rings (SSSR count). The molecular formula is C36H51NO4S. The summed E-state index contributed by atoms with van der Waals surface area (Å²) in [5.41, 5.74) is 0.891. The first-order chi connectivity index (χ1) is 20.6. The Bertz CT molecular complexity index is 1140. The summed E-state index contributed by atoms with van der Waals surface area (Å²) in [4.78, 5) is 13.7. The molecule has 230 valence electrons. The standard InChI is InChI=1S/C36H51NO4S/c1-2-3-4-5-6-7-8-9-10-11-12-16-23-34(38)35(39)33(37-36(40)41-27-29-19-14-13-15-20-29)28-42-32-25-24-30-21-17-18-22-31(30)26-32/h13-15,17-22,24-26,33-35,38-39H,2-12,16,23,27-28H2,1H3,(H,37,40)/t33-,34+,35-/m0/s1. The lowest BCUT2D eigenvalue weighted by atomic mass is 10.00. The summed E-state index contributed by atoms with van der Waals surface area (Å²) in [6.45, 7) is 2.40. The van der Waals surface area contributed by atoms with E-state index in [-0.39, 0.29) is 6.61 Å². The minimum absolute atomic E-state index is 0.148. The highest BCUT2D eigenvalue weighted by Crippen LogP contribution is 2.25. The molecule has 0 aliphatic carbocycles. The van der Waals surface area contributed by atoms with Crippen LogP contribution < -0.4 is 5.32 Å². The van der Waals surface area contributed by atoms with E-state index in [1.54, 1.807) is 11.8 Å². The van der Waals surface area contributed by atoms with Gasteiger partial charge in [-0.3, -0.25) is 0 Å². The third kappa shape index (κ3) is 13.2. The molecule has 5 nitrogen and oxygen atoms in total. The Morgan fingerprint density at radius 1 is 0.762 bits per heavy atom. The van der Waals surface area contributed by atoms with Gasteiger partial charge < -0.3 is 20.3 Å². The summed E-state index contributed by atoms with van der Waals surface area (Å²) >= 11 is 1.55. The van der Waals surface area contributed by atoms with Gasteiger partial charge in [-0.05, 0) is 34.9 Å². The Morgan fingerprint density at radius 3 is 2.02 bits per heavy atom. The number of hydrogen-bond acceptors (Lipinski definition) is 5. The van der Waals surface area contributed by atoms with Crippen LogP contribution in [-0.4, -0.2) is 40.3 Å². The minimum Gasteiger partial charge on any atom is -0.445 e. The van der Waals surface area contributed by atoms with Gasteiger partial charge in [-0.1, -0.05) is 145 Å². The van der Waals surface area contributed by atoms with E-state index in [2.05, 4.69) is 36.5 Å². The van der Waals surface area contributed by atoms with Crippen molar-refractivity contribution in [1.82, 2.24) is 5.32 Å².